The van der Waals surface area contributed by atoms with Crippen molar-refractivity contribution in [1.29, 1.82) is 0 Å². The number of carbonyl (C=O) groups is 2. The Morgan fingerprint density at radius 1 is 1.17 bits per heavy atom. The average molecular weight is 407 g/mol. The van der Waals surface area contributed by atoms with Crippen LogP contribution in [0.15, 0.2) is 54.7 Å². The van der Waals surface area contributed by atoms with Crippen molar-refractivity contribution in [3.63, 3.8) is 0 Å². The van der Waals surface area contributed by atoms with Crippen LogP contribution in [-0.4, -0.2) is 41.3 Å². The van der Waals surface area contributed by atoms with E-state index in [1.807, 2.05) is 30.5 Å². The molecule has 1 aromatic heterocycles. The number of hydrogen-bond acceptors (Lipinski definition) is 2. The number of nitrogens with one attached hydrogen (secondary N) is 2. The second kappa shape index (κ2) is 9.11. The minimum absolute atomic E-state index is 0.00176. The number of piperidine rings is 1. The number of rotatable bonds is 7. The zero-order valence-electron chi connectivity index (χ0n) is 16.9. The molecule has 2 heterocycles. The van der Waals surface area contributed by atoms with Crippen LogP contribution >= 0.6 is 0 Å². The fourth-order valence-corrected chi connectivity index (χ4v) is 4.10. The molecule has 1 fully saturated rings. The number of carbonyl (C=O) groups excluding carboxylic acids is 2. The van der Waals surface area contributed by atoms with Crippen molar-refractivity contribution in [3.05, 3.63) is 71.7 Å². The summed E-state index contributed by atoms with van der Waals surface area (Å²) in [7, 11) is 0. The minimum Gasteiger partial charge on any atom is -0.361 e. The van der Waals surface area contributed by atoms with Crippen LogP contribution in [-0.2, 0) is 22.4 Å². The number of H-pyrrole nitrogens is 1. The molecule has 0 saturated carbocycles. The van der Waals surface area contributed by atoms with Gasteiger partial charge in [-0.15, -0.1) is 0 Å². The highest BCUT2D eigenvalue weighted by molar-refractivity contribution is 5.84. The van der Waals surface area contributed by atoms with Crippen molar-refractivity contribution in [2.45, 2.75) is 25.7 Å². The van der Waals surface area contributed by atoms with Crippen LogP contribution in [0, 0.1) is 11.7 Å². The third kappa shape index (κ3) is 4.70. The highest BCUT2D eigenvalue weighted by Crippen LogP contribution is 2.20. The van der Waals surface area contributed by atoms with Crippen LogP contribution in [0.3, 0.4) is 0 Å². The van der Waals surface area contributed by atoms with Crippen LogP contribution in [0.1, 0.15) is 24.0 Å². The predicted molar refractivity (Wildman–Crippen MR) is 114 cm³/mol. The largest absolute Gasteiger partial charge is 0.361 e. The van der Waals surface area contributed by atoms with Crippen LogP contribution in [0.4, 0.5) is 4.39 Å². The maximum absolute atomic E-state index is 13.3. The van der Waals surface area contributed by atoms with Crippen molar-refractivity contribution < 1.29 is 14.0 Å². The summed E-state index contributed by atoms with van der Waals surface area (Å²) in [4.78, 5) is 29.9. The van der Waals surface area contributed by atoms with Gasteiger partial charge in [0.1, 0.15) is 5.82 Å². The number of halogens is 1. The molecule has 1 saturated heterocycles. The summed E-state index contributed by atoms with van der Waals surface area (Å²) in [6.45, 7) is 1.49. The molecule has 156 valence electrons. The number of aromatic nitrogens is 1. The molecule has 2 N–H and O–H groups in total. The Morgan fingerprint density at radius 2 is 2.03 bits per heavy atom. The molecule has 30 heavy (non-hydrogen) atoms. The Morgan fingerprint density at radius 3 is 2.90 bits per heavy atom. The molecule has 4 rings (SSSR count). The number of aromatic amines is 1. The summed E-state index contributed by atoms with van der Waals surface area (Å²) in [5.74, 6) is -0.407. The third-order valence-electron chi connectivity index (χ3n) is 5.80. The Bertz CT molecular complexity index is 1050. The number of nitrogens with zero attached hydrogens (tertiary/aromatic N) is 1. The molecule has 1 aliphatic heterocycles. The number of fused-ring (bicyclic) bond motifs is 1. The highest BCUT2D eigenvalue weighted by atomic mass is 19.1. The first-order valence-electron chi connectivity index (χ1n) is 10.4. The first-order chi connectivity index (χ1) is 14.6. The summed E-state index contributed by atoms with van der Waals surface area (Å²) in [6, 6.07) is 14.5. The van der Waals surface area contributed by atoms with Gasteiger partial charge in [-0.2, -0.15) is 0 Å². The van der Waals surface area contributed by atoms with E-state index in [1.165, 1.54) is 23.1 Å². The van der Waals surface area contributed by atoms with Crippen molar-refractivity contribution in [2.24, 2.45) is 5.92 Å². The van der Waals surface area contributed by atoms with Crippen molar-refractivity contribution in [2.75, 3.05) is 19.6 Å². The van der Waals surface area contributed by atoms with Gasteiger partial charge >= 0.3 is 0 Å². The molecule has 3 aromatic rings. The monoisotopic (exact) mass is 407 g/mol. The van der Waals surface area contributed by atoms with Gasteiger partial charge < -0.3 is 15.2 Å². The number of hydrogen-bond donors (Lipinski definition) is 2. The number of amides is 2. The van der Waals surface area contributed by atoms with Crippen LogP contribution < -0.4 is 5.32 Å². The quantitative estimate of drug-likeness (QED) is 0.630. The smallest absolute Gasteiger partial charge is 0.224 e. The Kier molecular flexibility index (Phi) is 6.12. The SMILES string of the molecule is O=C(NCCc1c[nH]c2ccccc12)[C@@H]1CCC(=O)N(CCc2cccc(F)c2)C1. The molecule has 2 amide bonds. The molecule has 0 radical (unpaired) electrons. The summed E-state index contributed by atoms with van der Waals surface area (Å²) >= 11 is 0. The van der Waals surface area contributed by atoms with Crippen molar-refractivity contribution >= 4 is 22.7 Å². The maximum Gasteiger partial charge on any atom is 0.224 e. The number of para-hydroxylation sites is 1. The molecule has 2 aromatic carbocycles. The first-order valence-corrected chi connectivity index (χ1v) is 10.4. The van der Waals surface area contributed by atoms with Crippen molar-refractivity contribution in [3.8, 4) is 0 Å². The lowest BCUT2D eigenvalue weighted by molar-refractivity contribution is -0.138. The fraction of sp³-hybridized carbons (Fsp3) is 0.333. The molecule has 1 aliphatic rings. The second-order valence-corrected chi connectivity index (χ2v) is 7.86. The van der Waals surface area contributed by atoms with Crippen LogP contribution in [0.5, 0.6) is 0 Å². The van der Waals surface area contributed by atoms with E-state index in [9.17, 15) is 14.0 Å². The maximum atomic E-state index is 13.3. The second-order valence-electron chi connectivity index (χ2n) is 7.86. The number of benzene rings is 2. The van der Waals surface area contributed by atoms with Gasteiger partial charge in [-0.3, -0.25) is 9.59 Å². The van der Waals surface area contributed by atoms with E-state index in [1.54, 1.807) is 11.0 Å². The molecule has 0 aliphatic carbocycles. The van der Waals surface area contributed by atoms with Gasteiger partial charge in [0.25, 0.3) is 0 Å². The van der Waals surface area contributed by atoms with Crippen LogP contribution in [0.25, 0.3) is 10.9 Å². The average Bonchev–Trinajstić information content (AvgIpc) is 3.16. The normalized spacial score (nSPS) is 16.8. The van der Waals surface area contributed by atoms with E-state index in [0.717, 1.165) is 17.5 Å². The molecular formula is C24H26FN3O2. The van der Waals surface area contributed by atoms with Gasteiger partial charge in [0.2, 0.25) is 11.8 Å². The van der Waals surface area contributed by atoms with E-state index in [4.69, 9.17) is 0 Å². The lowest BCUT2D eigenvalue weighted by atomic mass is 9.96. The molecule has 6 heteroatoms. The van der Waals surface area contributed by atoms with Gasteiger partial charge in [-0.05, 0) is 48.6 Å². The van der Waals surface area contributed by atoms with E-state index in [2.05, 4.69) is 16.4 Å². The minimum atomic E-state index is -0.273. The molecule has 5 nitrogen and oxygen atoms in total. The van der Waals surface area contributed by atoms with Gasteiger partial charge in [0.15, 0.2) is 0 Å². The van der Waals surface area contributed by atoms with E-state index in [-0.39, 0.29) is 23.5 Å². The lowest BCUT2D eigenvalue weighted by Gasteiger charge is -2.32. The Hall–Kier alpha value is -3.15. The third-order valence-corrected chi connectivity index (χ3v) is 5.80. The van der Waals surface area contributed by atoms with Gasteiger partial charge in [0, 0.05) is 43.2 Å². The zero-order chi connectivity index (χ0) is 20.9. The fourth-order valence-electron chi connectivity index (χ4n) is 4.10. The lowest BCUT2D eigenvalue weighted by Crippen LogP contribution is -2.46. The van der Waals surface area contributed by atoms with E-state index < -0.39 is 0 Å². The summed E-state index contributed by atoms with van der Waals surface area (Å²) in [5.41, 5.74) is 3.13. The van der Waals surface area contributed by atoms with Gasteiger partial charge in [-0.1, -0.05) is 30.3 Å². The molecular weight excluding hydrogens is 381 g/mol. The molecule has 1 atom stereocenters. The summed E-state index contributed by atoms with van der Waals surface area (Å²) in [6.07, 6.45) is 4.28. The van der Waals surface area contributed by atoms with E-state index in [0.29, 0.717) is 38.9 Å². The van der Waals surface area contributed by atoms with Gasteiger partial charge in [-0.25, -0.2) is 4.39 Å². The van der Waals surface area contributed by atoms with Crippen molar-refractivity contribution in [1.82, 2.24) is 15.2 Å². The Balaban J connectivity index is 1.27. The standard InChI is InChI=1S/C24H26FN3O2/c25-20-5-3-4-17(14-20)11-13-28-16-19(8-9-23(28)29)24(30)26-12-10-18-15-27-22-7-2-1-6-21(18)22/h1-7,14-15,19,27H,8-13,16H2,(H,26,30)/t19-/m1/s1. The number of likely N-dealkylation sites (tertiary alicyclic amines) is 1. The molecule has 0 bridgehead atoms. The van der Waals surface area contributed by atoms with E-state index >= 15 is 0 Å². The summed E-state index contributed by atoms with van der Waals surface area (Å²) < 4.78 is 13.3. The molecule has 0 spiro atoms. The van der Waals surface area contributed by atoms with Gasteiger partial charge in [0.05, 0.1) is 5.92 Å². The highest BCUT2D eigenvalue weighted by Gasteiger charge is 2.29. The topological polar surface area (TPSA) is 65.2 Å². The summed E-state index contributed by atoms with van der Waals surface area (Å²) in [5, 5.41) is 4.21. The predicted octanol–water partition coefficient (Wildman–Crippen LogP) is 3.45. The molecule has 0 unspecified atom stereocenters. The first kappa shape index (κ1) is 20.1. The van der Waals surface area contributed by atoms with Crippen LogP contribution in [0.2, 0.25) is 0 Å². The Labute approximate surface area is 175 Å². The zero-order valence-corrected chi connectivity index (χ0v) is 16.9.